The van der Waals surface area contributed by atoms with Crippen molar-refractivity contribution in [2.75, 3.05) is 13.1 Å². The molecule has 1 aliphatic rings. The van der Waals surface area contributed by atoms with Crippen LogP contribution in [0.5, 0.6) is 0 Å². The van der Waals surface area contributed by atoms with Gasteiger partial charge in [0.1, 0.15) is 5.76 Å². The summed E-state index contributed by atoms with van der Waals surface area (Å²) in [6, 6.07) is 11.4. The lowest BCUT2D eigenvalue weighted by molar-refractivity contribution is -0.143. The van der Waals surface area contributed by atoms with Crippen LogP contribution in [0.15, 0.2) is 47.1 Å². The molecule has 1 fully saturated rings. The number of amides is 1. The third-order valence-corrected chi connectivity index (χ3v) is 4.45. The van der Waals surface area contributed by atoms with E-state index in [4.69, 9.17) is 4.42 Å². The number of aryl methyl sites for hydroxylation is 1. The third-order valence-electron chi connectivity index (χ3n) is 4.45. The van der Waals surface area contributed by atoms with Crippen molar-refractivity contribution in [3.05, 3.63) is 59.5 Å². The molecule has 3 rings (SSSR count). The number of likely N-dealkylation sites (tertiary alicyclic amines) is 1. The van der Waals surface area contributed by atoms with E-state index in [1.54, 1.807) is 17.9 Å². The molecule has 0 aliphatic carbocycles. The van der Waals surface area contributed by atoms with Crippen molar-refractivity contribution in [3.8, 4) is 0 Å². The minimum Gasteiger partial charge on any atom is -0.481 e. The third kappa shape index (κ3) is 3.13. The van der Waals surface area contributed by atoms with Crippen LogP contribution in [0, 0.1) is 12.8 Å². The topological polar surface area (TPSA) is 70.8 Å². The molecule has 1 aromatic heterocycles. The summed E-state index contributed by atoms with van der Waals surface area (Å²) in [5.41, 5.74) is 1.57. The molecule has 5 heteroatoms. The van der Waals surface area contributed by atoms with Crippen molar-refractivity contribution >= 4 is 11.9 Å². The quantitative estimate of drug-likeness (QED) is 0.946. The Kier molecular flexibility index (Phi) is 4.19. The fourth-order valence-electron chi connectivity index (χ4n) is 3.19. The lowest BCUT2D eigenvalue weighted by Crippen LogP contribution is -2.45. The summed E-state index contributed by atoms with van der Waals surface area (Å²) in [5.74, 6) is -0.980. The van der Waals surface area contributed by atoms with E-state index >= 15 is 0 Å². The Balaban J connectivity index is 1.86. The Labute approximate surface area is 134 Å². The maximum atomic E-state index is 12.7. The molecule has 0 unspecified atom stereocenters. The smallest absolute Gasteiger partial charge is 0.308 e. The van der Waals surface area contributed by atoms with E-state index in [-0.39, 0.29) is 18.4 Å². The first-order chi connectivity index (χ1) is 11.1. The highest BCUT2D eigenvalue weighted by molar-refractivity contribution is 5.95. The van der Waals surface area contributed by atoms with E-state index in [1.165, 1.54) is 6.26 Å². The second kappa shape index (κ2) is 6.28. The number of rotatable bonds is 3. The average molecular weight is 313 g/mol. The van der Waals surface area contributed by atoms with Crippen LogP contribution in [-0.2, 0) is 4.79 Å². The van der Waals surface area contributed by atoms with Crippen molar-refractivity contribution in [2.24, 2.45) is 5.92 Å². The number of aliphatic carboxylic acids is 1. The van der Waals surface area contributed by atoms with Crippen LogP contribution in [0.25, 0.3) is 0 Å². The van der Waals surface area contributed by atoms with Gasteiger partial charge in [0, 0.05) is 19.0 Å². The van der Waals surface area contributed by atoms with Crippen LogP contribution in [-0.4, -0.2) is 35.0 Å². The first kappa shape index (κ1) is 15.3. The SMILES string of the molecule is Cc1occc1C(=O)N1C[C@@H](C(=O)O)C[C@H](c2ccccc2)C1. The van der Waals surface area contributed by atoms with Gasteiger partial charge < -0.3 is 14.4 Å². The maximum absolute atomic E-state index is 12.7. The van der Waals surface area contributed by atoms with Gasteiger partial charge in [-0.05, 0) is 25.0 Å². The molecular formula is C18H19NO4. The molecule has 2 heterocycles. The number of piperidine rings is 1. The standard InChI is InChI=1S/C18H19NO4/c1-12-16(7-8-23-12)17(20)19-10-14(9-15(11-19)18(21)22)13-5-3-2-4-6-13/h2-8,14-15H,9-11H2,1H3,(H,21,22)/t14-,15-/m0/s1. The highest BCUT2D eigenvalue weighted by atomic mass is 16.4. The van der Waals surface area contributed by atoms with E-state index in [0.717, 1.165) is 5.56 Å². The van der Waals surface area contributed by atoms with Crippen LogP contribution in [0.3, 0.4) is 0 Å². The molecular weight excluding hydrogens is 294 g/mol. The molecule has 2 aromatic rings. The Morgan fingerprint density at radius 3 is 2.52 bits per heavy atom. The Hall–Kier alpha value is -2.56. The first-order valence-corrected chi connectivity index (χ1v) is 7.67. The maximum Gasteiger partial charge on any atom is 0.308 e. The summed E-state index contributed by atoms with van der Waals surface area (Å²) in [6.07, 6.45) is 2.03. The molecule has 1 aromatic carbocycles. The van der Waals surface area contributed by atoms with Crippen molar-refractivity contribution in [1.82, 2.24) is 4.90 Å². The van der Waals surface area contributed by atoms with Crippen molar-refractivity contribution < 1.29 is 19.1 Å². The molecule has 0 saturated carbocycles. The number of nitrogens with zero attached hydrogens (tertiary/aromatic N) is 1. The van der Waals surface area contributed by atoms with Gasteiger partial charge in [-0.15, -0.1) is 0 Å². The zero-order valence-electron chi connectivity index (χ0n) is 12.9. The number of carboxylic acids is 1. The summed E-state index contributed by atoms with van der Waals surface area (Å²) < 4.78 is 5.20. The fraction of sp³-hybridized carbons (Fsp3) is 0.333. The van der Waals surface area contributed by atoms with Gasteiger partial charge in [-0.3, -0.25) is 9.59 Å². The second-order valence-corrected chi connectivity index (χ2v) is 5.98. The van der Waals surface area contributed by atoms with Crippen molar-refractivity contribution in [2.45, 2.75) is 19.3 Å². The molecule has 0 radical (unpaired) electrons. The number of furan rings is 1. The van der Waals surface area contributed by atoms with E-state index in [1.807, 2.05) is 30.3 Å². The van der Waals surface area contributed by atoms with Crippen LogP contribution >= 0.6 is 0 Å². The van der Waals surface area contributed by atoms with Gasteiger partial charge in [-0.2, -0.15) is 0 Å². The van der Waals surface area contributed by atoms with Gasteiger partial charge in [0.05, 0.1) is 17.7 Å². The fourth-order valence-corrected chi connectivity index (χ4v) is 3.19. The minimum atomic E-state index is -0.854. The normalized spacial score (nSPS) is 21.2. The molecule has 23 heavy (non-hydrogen) atoms. The second-order valence-electron chi connectivity index (χ2n) is 5.98. The zero-order chi connectivity index (χ0) is 16.4. The van der Waals surface area contributed by atoms with Gasteiger partial charge >= 0.3 is 5.97 Å². The van der Waals surface area contributed by atoms with Gasteiger partial charge in [-0.1, -0.05) is 30.3 Å². The number of benzene rings is 1. The van der Waals surface area contributed by atoms with E-state index < -0.39 is 11.9 Å². The van der Waals surface area contributed by atoms with Crippen LogP contribution < -0.4 is 0 Å². The molecule has 2 atom stereocenters. The molecule has 1 aliphatic heterocycles. The van der Waals surface area contributed by atoms with E-state index in [2.05, 4.69) is 0 Å². The molecule has 1 N–H and O–H groups in total. The molecule has 1 saturated heterocycles. The van der Waals surface area contributed by atoms with E-state index in [0.29, 0.717) is 24.3 Å². The lowest BCUT2D eigenvalue weighted by atomic mass is 9.84. The summed E-state index contributed by atoms with van der Waals surface area (Å²) in [6.45, 7) is 2.50. The molecule has 0 bridgehead atoms. The number of carbonyl (C=O) groups excluding carboxylic acids is 1. The number of hydrogen-bond donors (Lipinski definition) is 1. The van der Waals surface area contributed by atoms with E-state index in [9.17, 15) is 14.7 Å². The van der Waals surface area contributed by atoms with Crippen molar-refractivity contribution in [1.29, 1.82) is 0 Å². The zero-order valence-corrected chi connectivity index (χ0v) is 12.9. The van der Waals surface area contributed by atoms with Gasteiger partial charge in [0.2, 0.25) is 0 Å². The van der Waals surface area contributed by atoms with Gasteiger partial charge in [0.25, 0.3) is 5.91 Å². The number of carboxylic acid groups (broad SMARTS) is 1. The van der Waals surface area contributed by atoms with Crippen molar-refractivity contribution in [3.63, 3.8) is 0 Å². The summed E-state index contributed by atoms with van der Waals surface area (Å²) in [7, 11) is 0. The molecule has 120 valence electrons. The van der Waals surface area contributed by atoms with Gasteiger partial charge in [0.15, 0.2) is 0 Å². The lowest BCUT2D eigenvalue weighted by Gasteiger charge is -2.36. The average Bonchev–Trinajstić information content (AvgIpc) is 3.00. The minimum absolute atomic E-state index is 0.0298. The van der Waals surface area contributed by atoms with Gasteiger partial charge in [-0.25, -0.2) is 0 Å². The highest BCUT2D eigenvalue weighted by Gasteiger charge is 2.35. The Morgan fingerprint density at radius 1 is 1.17 bits per heavy atom. The Morgan fingerprint density at radius 2 is 1.91 bits per heavy atom. The van der Waals surface area contributed by atoms with Crippen LogP contribution in [0.2, 0.25) is 0 Å². The molecule has 1 amide bonds. The summed E-state index contributed by atoms with van der Waals surface area (Å²) in [5, 5.41) is 9.43. The highest BCUT2D eigenvalue weighted by Crippen LogP contribution is 2.31. The molecule has 0 spiro atoms. The summed E-state index contributed by atoms with van der Waals surface area (Å²) in [4.78, 5) is 25.8. The van der Waals surface area contributed by atoms with Crippen LogP contribution in [0.1, 0.15) is 34.0 Å². The number of hydrogen-bond acceptors (Lipinski definition) is 3. The monoisotopic (exact) mass is 313 g/mol. The largest absolute Gasteiger partial charge is 0.481 e. The Bertz CT molecular complexity index is 707. The number of carbonyl (C=O) groups is 2. The predicted molar refractivity (Wildman–Crippen MR) is 84.3 cm³/mol. The first-order valence-electron chi connectivity index (χ1n) is 7.67. The summed E-state index contributed by atoms with van der Waals surface area (Å²) >= 11 is 0. The van der Waals surface area contributed by atoms with Crippen LogP contribution in [0.4, 0.5) is 0 Å². The predicted octanol–water partition coefficient (Wildman–Crippen LogP) is 2.92. The molecule has 5 nitrogen and oxygen atoms in total.